The van der Waals surface area contributed by atoms with Gasteiger partial charge in [-0.05, 0) is 25.1 Å². The van der Waals surface area contributed by atoms with Crippen LogP contribution in [0.1, 0.15) is 32.4 Å². The van der Waals surface area contributed by atoms with Crippen LogP contribution in [-0.4, -0.2) is 39.5 Å². The van der Waals surface area contributed by atoms with E-state index in [0.29, 0.717) is 30.3 Å². The predicted octanol–water partition coefficient (Wildman–Crippen LogP) is 2.65. The van der Waals surface area contributed by atoms with Crippen molar-refractivity contribution >= 4 is 19.5 Å². The monoisotopic (exact) mass is 322 g/mol. The lowest BCUT2D eigenvalue weighted by atomic mass is 10.2. The van der Waals surface area contributed by atoms with E-state index in [1.165, 1.54) is 0 Å². The van der Waals surface area contributed by atoms with Crippen molar-refractivity contribution < 1.29 is 9.53 Å². The van der Waals surface area contributed by atoms with Crippen LogP contribution in [0.25, 0.3) is 11.2 Å². The Morgan fingerprint density at radius 3 is 2.55 bits per heavy atom. The lowest BCUT2D eigenvalue weighted by molar-refractivity contribution is 0.248. The molecule has 7 heteroatoms. The molecule has 0 aliphatic rings. The highest BCUT2D eigenvalue weighted by Gasteiger charge is 2.36. The van der Waals surface area contributed by atoms with Crippen molar-refractivity contribution in [3.8, 4) is 0 Å². The highest BCUT2D eigenvalue weighted by Crippen LogP contribution is 2.36. The number of rotatable bonds is 5. The molecule has 22 heavy (non-hydrogen) atoms. The summed E-state index contributed by atoms with van der Waals surface area (Å²) in [6.07, 6.45) is 1.70. The van der Waals surface area contributed by atoms with Gasteiger partial charge in [-0.2, -0.15) is 0 Å². The first-order valence-corrected chi connectivity index (χ1v) is 10.5. The maximum absolute atomic E-state index is 9.51. The minimum absolute atomic E-state index is 0.116. The number of aliphatic hydroxyl groups is 1. The Hall–Kier alpha value is -1.31. The number of hydrogen-bond donors (Lipinski definition) is 1. The van der Waals surface area contributed by atoms with Crippen LogP contribution in [0.2, 0.25) is 18.1 Å². The first kappa shape index (κ1) is 17.0. The minimum Gasteiger partial charge on any atom is -0.415 e. The fraction of sp³-hybridized carbons (Fsp3) is 0.667. The van der Waals surface area contributed by atoms with Gasteiger partial charge in [0.1, 0.15) is 23.8 Å². The topological polar surface area (TPSA) is 73.1 Å². The van der Waals surface area contributed by atoms with E-state index in [-0.39, 0.29) is 11.6 Å². The molecule has 0 fully saturated rings. The quantitative estimate of drug-likeness (QED) is 0.857. The number of aliphatic hydroxyl groups excluding tert-OH is 1. The number of aryl methyl sites for hydroxylation is 1. The van der Waals surface area contributed by atoms with Gasteiger partial charge in [0.25, 0.3) is 0 Å². The van der Waals surface area contributed by atoms with Gasteiger partial charge in [-0.25, -0.2) is 15.0 Å². The van der Waals surface area contributed by atoms with Gasteiger partial charge in [0, 0.05) is 6.54 Å². The summed E-state index contributed by atoms with van der Waals surface area (Å²) in [7, 11) is -1.77. The third-order valence-corrected chi connectivity index (χ3v) is 8.95. The lowest BCUT2D eigenvalue weighted by Crippen LogP contribution is -2.41. The van der Waals surface area contributed by atoms with Crippen molar-refractivity contribution in [1.29, 1.82) is 0 Å². The summed E-state index contributed by atoms with van der Waals surface area (Å²) in [6, 6.07) is 0. The molecule has 0 aliphatic carbocycles. The summed E-state index contributed by atoms with van der Waals surface area (Å²) in [4.78, 5) is 13.0. The summed E-state index contributed by atoms with van der Waals surface area (Å²) in [5.41, 5.74) is 1.47. The second-order valence-electron chi connectivity index (χ2n) is 7.07. The second kappa shape index (κ2) is 6.06. The summed E-state index contributed by atoms with van der Waals surface area (Å²) in [6.45, 7) is 14.1. The van der Waals surface area contributed by atoms with Crippen molar-refractivity contribution in [2.45, 2.75) is 59.0 Å². The van der Waals surface area contributed by atoms with Gasteiger partial charge < -0.3 is 14.1 Å². The Bertz CT molecular complexity index is 661. The van der Waals surface area contributed by atoms with Crippen LogP contribution >= 0.6 is 0 Å². The lowest BCUT2D eigenvalue weighted by Gasteiger charge is -2.36. The van der Waals surface area contributed by atoms with Gasteiger partial charge in [0.2, 0.25) is 0 Å². The fourth-order valence-corrected chi connectivity index (χ4v) is 3.05. The van der Waals surface area contributed by atoms with Crippen LogP contribution in [0.3, 0.4) is 0 Å². The van der Waals surface area contributed by atoms with Crippen LogP contribution in [0.5, 0.6) is 0 Å². The van der Waals surface area contributed by atoms with Crippen LogP contribution in [0.4, 0.5) is 0 Å². The maximum Gasteiger partial charge on any atom is 0.192 e. The molecule has 122 valence electrons. The summed E-state index contributed by atoms with van der Waals surface area (Å²) < 4.78 is 8.14. The Kier molecular flexibility index (Phi) is 4.69. The zero-order valence-corrected chi connectivity index (χ0v) is 15.3. The molecule has 6 nitrogen and oxygen atoms in total. The molecule has 2 aromatic rings. The number of fused-ring (bicyclic) bond motifs is 1. The average Bonchev–Trinajstić information content (AvgIpc) is 2.75. The van der Waals surface area contributed by atoms with Gasteiger partial charge in [0.15, 0.2) is 14.0 Å². The summed E-state index contributed by atoms with van der Waals surface area (Å²) in [5.74, 6) is 1.30. The highest BCUT2D eigenvalue weighted by atomic mass is 28.4. The van der Waals surface area contributed by atoms with E-state index in [4.69, 9.17) is 4.43 Å². The molecule has 0 aromatic carbocycles. The zero-order valence-electron chi connectivity index (χ0n) is 14.3. The van der Waals surface area contributed by atoms with Crippen LogP contribution in [0.15, 0.2) is 6.20 Å². The van der Waals surface area contributed by atoms with Crippen LogP contribution in [-0.2, 0) is 17.6 Å². The van der Waals surface area contributed by atoms with Gasteiger partial charge >= 0.3 is 0 Å². The first-order chi connectivity index (χ1) is 10.2. The van der Waals surface area contributed by atoms with E-state index in [0.717, 1.165) is 5.65 Å². The minimum atomic E-state index is -1.77. The van der Waals surface area contributed by atoms with Crippen molar-refractivity contribution in [2.75, 3.05) is 6.61 Å². The Labute approximate surface area is 132 Å². The van der Waals surface area contributed by atoms with E-state index < -0.39 is 8.32 Å². The molecule has 0 amide bonds. The van der Waals surface area contributed by atoms with Crippen LogP contribution in [0, 0.1) is 6.92 Å². The fourth-order valence-electron chi connectivity index (χ4n) is 2.02. The smallest absolute Gasteiger partial charge is 0.192 e. The van der Waals surface area contributed by atoms with E-state index >= 15 is 0 Å². The van der Waals surface area contributed by atoms with Gasteiger partial charge in [-0.15, -0.1) is 0 Å². The molecule has 0 bridgehead atoms. The predicted molar refractivity (Wildman–Crippen MR) is 89.1 cm³/mol. The number of hydrogen-bond acceptors (Lipinski definition) is 5. The number of imidazole rings is 1. The molecule has 0 spiro atoms. The van der Waals surface area contributed by atoms with Gasteiger partial charge in [0.05, 0.1) is 12.8 Å². The Morgan fingerprint density at radius 2 is 1.95 bits per heavy atom. The standard InChI is InChI=1S/C15H26N4O2Si/c1-11-16-9-12-14(17-11)19(13(10-20)18-12)7-8-21-22(5,6)15(2,3)4/h9,20H,7-8,10H2,1-6H3. The van der Waals surface area contributed by atoms with E-state index in [2.05, 4.69) is 48.8 Å². The molecule has 1 N–H and O–H groups in total. The molecule has 0 saturated heterocycles. The van der Waals surface area contributed by atoms with Gasteiger partial charge in [-0.3, -0.25) is 0 Å². The first-order valence-electron chi connectivity index (χ1n) is 7.59. The molecule has 0 atom stereocenters. The Morgan fingerprint density at radius 1 is 1.27 bits per heavy atom. The third kappa shape index (κ3) is 3.36. The third-order valence-electron chi connectivity index (χ3n) is 4.41. The molecular weight excluding hydrogens is 296 g/mol. The molecule has 0 unspecified atom stereocenters. The average molecular weight is 322 g/mol. The van der Waals surface area contributed by atoms with E-state index in [1.54, 1.807) is 6.20 Å². The molecule has 0 saturated carbocycles. The van der Waals surface area contributed by atoms with Crippen molar-refractivity contribution in [3.63, 3.8) is 0 Å². The number of aromatic nitrogens is 4. The van der Waals surface area contributed by atoms with Gasteiger partial charge in [-0.1, -0.05) is 20.8 Å². The van der Waals surface area contributed by atoms with Crippen molar-refractivity contribution in [3.05, 3.63) is 17.8 Å². The molecule has 2 heterocycles. The van der Waals surface area contributed by atoms with E-state index in [1.807, 2.05) is 11.5 Å². The Balaban J connectivity index is 2.19. The van der Waals surface area contributed by atoms with E-state index in [9.17, 15) is 5.11 Å². The largest absolute Gasteiger partial charge is 0.415 e. The summed E-state index contributed by atoms with van der Waals surface area (Å²) in [5, 5.41) is 9.70. The summed E-state index contributed by atoms with van der Waals surface area (Å²) >= 11 is 0. The highest BCUT2D eigenvalue weighted by molar-refractivity contribution is 6.74. The number of nitrogens with zero attached hydrogens (tertiary/aromatic N) is 4. The molecular formula is C15H26N4O2Si. The molecule has 2 aromatic heterocycles. The zero-order chi connectivity index (χ0) is 16.5. The van der Waals surface area contributed by atoms with Crippen molar-refractivity contribution in [2.24, 2.45) is 0 Å². The molecule has 2 rings (SSSR count). The second-order valence-corrected chi connectivity index (χ2v) is 11.9. The SMILES string of the molecule is Cc1ncc2nc(CO)n(CCO[Si](C)(C)C(C)(C)C)c2n1. The van der Waals surface area contributed by atoms with Crippen LogP contribution < -0.4 is 0 Å². The molecule has 0 radical (unpaired) electrons. The van der Waals surface area contributed by atoms with Crippen molar-refractivity contribution in [1.82, 2.24) is 19.5 Å². The normalized spacial score (nSPS) is 13.0. The maximum atomic E-state index is 9.51. The molecule has 0 aliphatic heterocycles.